The van der Waals surface area contributed by atoms with Crippen molar-refractivity contribution in [2.24, 2.45) is 10.9 Å². The fraction of sp³-hybridized carbons (Fsp3) is 0.458. The molecule has 2 atom stereocenters. The first-order valence-corrected chi connectivity index (χ1v) is 13.1. The van der Waals surface area contributed by atoms with E-state index in [9.17, 15) is 22.0 Å². The van der Waals surface area contributed by atoms with Crippen molar-refractivity contribution in [3.8, 4) is 0 Å². The van der Waals surface area contributed by atoms with Gasteiger partial charge in [-0.3, -0.25) is 14.8 Å². The number of benzene rings is 1. The van der Waals surface area contributed by atoms with Gasteiger partial charge in [-0.25, -0.2) is 17.2 Å². The molecule has 5 rings (SSSR count). The summed E-state index contributed by atoms with van der Waals surface area (Å²) in [7, 11) is -3.58. The van der Waals surface area contributed by atoms with Crippen LogP contribution in [0.3, 0.4) is 0 Å². The Labute approximate surface area is 196 Å². The highest BCUT2D eigenvalue weighted by Gasteiger charge is 2.60. The number of alkyl halides is 2. The number of anilines is 2. The van der Waals surface area contributed by atoms with Crippen molar-refractivity contribution in [3.63, 3.8) is 0 Å². The van der Waals surface area contributed by atoms with Crippen molar-refractivity contribution in [2.45, 2.75) is 55.9 Å². The standard InChI is InChI=1S/C24H25F2N3O4S/c1-13-8-18-23(27-13)19(10-15(28-18)11-20(30)16-12-24(16,25)26)29-17-6-5-14(21-4-3-7-33-21)9-22(17)34(2,31)32/h5-6,9-10,16,21H,3-4,7-8,11-12H2,1-2H3,(H,28,29)/t16-,21+/m0/s1. The second-order valence-electron chi connectivity index (χ2n) is 9.30. The zero-order chi connectivity index (χ0) is 24.3. The number of ketones is 1. The molecular weight excluding hydrogens is 464 g/mol. The number of rotatable bonds is 7. The van der Waals surface area contributed by atoms with Gasteiger partial charge in [-0.1, -0.05) is 6.07 Å². The summed E-state index contributed by atoms with van der Waals surface area (Å²) in [6, 6.07) is 6.76. The van der Waals surface area contributed by atoms with Crippen LogP contribution < -0.4 is 5.32 Å². The highest BCUT2D eigenvalue weighted by molar-refractivity contribution is 7.90. The molecular formula is C24H25F2N3O4S. The number of carbonyl (C=O) groups excluding carboxylic acids is 1. The van der Waals surface area contributed by atoms with Gasteiger partial charge in [-0.05, 0) is 43.5 Å². The number of fused-ring (bicyclic) bond motifs is 1. The third-order valence-electron chi connectivity index (χ3n) is 6.39. The molecule has 180 valence electrons. The number of sulfone groups is 1. The van der Waals surface area contributed by atoms with Crippen LogP contribution in [-0.4, -0.2) is 43.7 Å². The van der Waals surface area contributed by atoms with E-state index >= 15 is 0 Å². The average molecular weight is 490 g/mol. The minimum Gasteiger partial charge on any atom is -0.374 e. The number of aliphatic imine (C=N–C) groups is 1. The summed E-state index contributed by atoms with van der Waals surface area (Å²) in [6.45, 7) is 2.49. The molecule has 1 aromatic heterocycles. The molecule has 2 aromatic rings. The van der Waals surface area contributed by atoms with Crippen LogP contribution in [0.2, 0.25) is 0 Å². The molecule has 2 fully saturated rings. The van der Waals surface area contributed by atoms with Crippen LogP contribution in [-0.2, 0) is 32.2 Å². The number of Topliss-reactive ketones (excluding diaryl/α,β-unsaturated/α-hetero) is 1. The summed E-state index contributed by atoms with van der Waals surface area (Å²) in [6.07, 6.45) is 2.61. The van der Waals surface area contributed by atoms with E-state index in [0.717, 1.165) is 30.4 Å². The van der Waals surface area contributed by atoms with Crippen LogP contribution in [0.1, 0.15) is 49.2 Å². The number of hydrogen-bond acceptors (Lipinski definition) is 7. The summed E-state index contributed by atoms with van der Waals surface area (Å²) in [5, 5.41) is 3.17. The van der Waals surface area contributed by atoms with Crippen molar-refractivity contribution < 1.29 is 26.7 Å². The van der Waals surface area contributed by atoms with Gasteiger partial charge in [0.15, 0.2) is 9.84 Å². The van der Waals surface area contributed by atoms with E-state index in [1.54, 1.807) is 18.2 Å². The molecule has 7 nitrogen and oxygen atoms in total. The number of nitrogens with zero attached hydrogens (tertiary/aromatic N) is 2. The van der Waals surface area contributed by atoms with Crippen molar-refractivity contribution in [1.29, 1.82) is 0 Å². The molecule has 10 heteroatoms. The predicted molar refractivity (Wildman–Crippen MR) is 123 cm³/mol. The number of hydrogen-bond donors (Lipinski definition) is 1. The smallest absolute Gasteiger partial charge is 0.258 e. The van der Waals surface area contributed by atoms with E-state index < -0.39 is 33.9 Å². The SMILES string of the molecule is CC1=Nc2c(Nc3ccc([C@H]4CCCO4)cc3S(C)(=O)=O)cc(CC(=O)[C@@H]3CC3(F)F)nc2C1. The van der Waals surface area contributed by atoms with E-state index in [2.05, 4.69) is 15.3 Å². The lowest BCUT2D eigenvalue weighted by atomic mass is 10.1. The van der Waals surface area contributed by atoms with Gasteiger partial charge in [0.2, 0.25) is 0 Å². The first-order valence-electron chi connectivity index (χ1n) is 11.2. The van der Waals surface area contributed by atoms with Crippen molar-refractivity contribution >= 4 is 38.4 Å². The molecule has 0 spiro atoms. The van der Waals surface area contributed by atoms with E-state index in [0.29, 0.717) is 41.5 Å². The zero-order valence-electron chi connectivity index (χ0n) is 18.9. The third kappa shape index (κ3) is 4.48. The lowest BCUT2D eigenvalue weighted by Gasteiger charge is -2.17. The van der Waals surface area contributed by atoms with Crippen LogP contribution >= 0.6 is 0 Å². The lowest BCUT2D eigenvalue weighted by Crippen LogP contribution is -2.12. The summed E-state index contributed by atoms with van der Waals surface area (Å²) in [5.74, 6) is -4.72. The Morgan fingerprint density at radius 1 is 1.26 bits per heavy atom. The van der Waals surface area contributed by atoms with Gasteiger partial charge in [0.1, 0.15) is 11.5 Å². The first kappa shape index (κ1) is 23.0. The van der Waals surface area contributed by atoms with Gasteiger partial charge in [-0.15, -0.1) is 0 Å². The second kappa shape index (κ2) is 8.20. The number of halogens is 2. The zero-order valence-corrected chi connectivity index (χ0v) is 19.7. The average Bonchev–Trinajstić information content (AvgIpc) is 3.12. The molecule has 0 unspecified atom stereocenters. The van der Waals surface area contributed by atoms with E-state index in [-0.39, 0.29) is 17.4 Å². The highest BCUT2D eigenvalue weighted by atomic mass is 32.2. The van der Waals surface area contributed by atoms with Crippen LogP contribution in [0, 0.1) is 5.92 Å². The topological polar surface area (TPSA) is 97.7 Å². The van der Waals surface area contributed by atoms with Crippen LogP contribution in [0.25, 0.3) is 0 Å². The van der Waals surface area contributed by atoms with Gasteiger partial charge >= 0.3 is 0 Å². The van der Waals surface area contributed by atoms with Gasteiger partial charge in [0, 0.05) is 37.8 Å². The molecule has 34 heavy (non-hydrogen) atoms. The van der Waals surface area contributed by atoms with Gasteiger partial charge in [0.25, 0.3) is 5.92 Å². The number of ether oxygens (including phenoxy) is 1. The summed E-state index contributed by atoms with van der Waals surface area (Å²) >= 11 is 0. The molecule has 3 heterocycles. The Kier molecular flexibility index (Phi) is 5.55. The fourth-order valence-corrected chi connectivity index (χ4v) is 5.42. The Morgan fingerprint density at radius 3 is 2.68 bits per heavy atom. The van der Waals surface area contributed by atoms with Crippen LogP contribution in [0.4, 0.5) is 25.8 Å². The monoisotopic (exact) mass is 489 g/mol. The quantitative estimate of drug-likeness (QED) is 0.615. The maximum atomic E-state index is 13.4. The molecule has 1 saturated heterocycles. The number of carbonyl (C=O) groups is 1. The molecule has 0 amide bonds. The van der Waals surface area contributed by atoms with Crippen molar-refractivity contribution in [1.82, 2.24) is 4.98 Å². The predicted octanol–water partition coefficient (Wildman–Crippen LogP) is 4.50. The molecule has 1 aromatic carbocycles. The Morgan fingerprint density at radius 2 is 2.03 bits per heavy atom. The first-order chi connectivity index (χ1) is 16.0. The third-order valence-corrected chi connectivity index (χ3v) is 7.53. The lowest BCUT2D eigenvalue weighted by molar-refractivity contribution is -0.121. The highest BCUT2D eigenvalue weighted by Crippen LogP contribution is 2.49. The van der Waals surface area contributed by atoms with E-state index in [1.165, 1.54) is 0 Å². The maximum absolute atomic E-state index is 13.4. The van der Waals surface area contributed by atoms with Gasteiger partial charge in [-0.2, -0.15) is 0 Å². The molecule has 1 N–H and O–H groups in total. The van der Waals surface area contributed by atoms with E-state index in [1.807, 2.05) is 13.0 Å². The molecule has 1 saturated carbocycles. The van der Waals surface area contributed by atoms with Gasteiger partial charge in [0.05, 0.1) is 39.7 Å². The Balaban J connectivity index is 1.50. The van der Waals surface area contributed by atoms with Crippen molar-refractivity contribution in [3.05, 3.63) is 41.2 Å². The maximum Gasteiger partial charge on any atom is 0.258 e. The molecule has 3 aliphatic rings. The number of nitrogens with one attached hydrogen (secondary N) is 1. The minimum absolute atomic E-state index is 0.125. The summed E-state index contributed by atoms with van der Waals surface area (Å²) < 4.78 is 57.6. The van der Waals surface area contributed by atoms with Crippen molar-refractivity contribution in [2.75, 3.05) is 18.2 Å². The molecule has 0 bridgehead atoms. The molecule has 2 aliphatic heterocycles. The molecule has 1 aliphatic carbocycles. The number of aromatic nitrogens is 1. The normalized spacial score (nSPS) is 22.9. The Bertz CT molecular complexity index is 1320. The number of pyridine rings is 1. The second-order valence-corrected chi connectivity index (χ2v) is 11.3. The molecule has 0 radical (unpaired) electrons. The Hall–Kier alpha value is -2.72. The summed E-state index contributed by atoms with van der Waals surface area (Å²) in [4.78, 5) is 21.5. The van der Waals surface area contributed by atoms with Crippen LogP contribution in [0.15, 0.2) is 34.2 Å². The van der Waals surface area contributed by atoms with E-state index in [4.69, 9.17) is 4.74 Å². The fourth-order valence-electron chi connectivity index (χ4n) is 4.55. The van der Waals surface area contributed by atoms with Crippen LogP contribution in [0.5, 0.6) is 0 Å². The summed E-state index contributed by atoms with van der Waals surface area (Å²) in [5.41, 5.74) is 4.02. The van der Waals surface area contributed by atoms with Gasteiger partial charge < -0.3 is 10.1 Å². The minimum atomic E-state index is -3.58. The largest absolute Gasteiger partial charge is 0.374 e.